The summed E-state index contributed by atoms with van der Waals surface area (Å²) in [4.78, 5) is 24.0. The van der Waals surface area contributed by atoms with Crippen molar-refractivity contribution in [2.24, 2.45) is 0 Å². The van der Waals surface area contributed by atoms with Gasteiger partial charge >= 0.3 is 11.9 Å². The first-order valence-electron chi connectivity index (χ1n) is 11.2. The van der Waals surface area contributed by atoms with Crippen LogP contribution in [0.25, 0.3) is 11.3 Å². The molecule has 0 amide bonds. The Morgan fingerprint density at radius 2 is 1.86 bits per heavy atom. The number of ether oxygens (including phenoxy) is 4. The van der Waals surface area contributed by atoms with Crippen LogP contribution in [0.5, 0.6) is 0 Å². The van der Waals surface area contributed by atoms with Gasteiger partial charge in [-0.2, -0.15) is 0 Å². The van der Waals surface area contributed by atoms with Gasteiger partial charge in [0.1, 0.15) is 40.6 Å². The molecule has 194 valence electrons. The summed E-state index contributed by atoms with van der Waals surface area (Å²) in [6.45, 7) is 1.11. The average Bonchev–Trinajstić information content (AvgIpc) is 3.36. The molecule has 2 aliphatic rings. The minimum Gasteiger partial charge on any atom is -0.479 e. The minimum atomic E-state index is -1.58. The number of aromatic nitrogens is 3. The van der Waals surface area contributed by atoms with E-state index in [0.717, 1.165) is 19.1 Å². The number of hydrogen-bond acceptors (Lipinski definition) is 8. The number of fused-ring (bicyclic) bond motifs is 1. The van der Waals surface area contributed by atoms with Gasteiger partial charge in [-0.25, -0.2) is 18.3 Å². The van der Waals surface area contributed by atoms with Crippen LogP contribution in [0.3, 0.4) is 0 Å². The Bertz CT molecular complexity index is 1300. The average molecular weight is 536 g/mol. The van der Waals surface area contributed by atoms with Crippen LogP contribution in [-0.2, 0) is 28.5 Å². The van der Waals surface area contributed by atoms with Crippen molar-refractivity contribution in [2.75, 3.05) is 6.61 Å². The molecule has 5 rings (SSSR count). The molecular formula is C24H20ClF2N3O7. The highest BCUT2D eigenvalue weighted by Gasteiger charge is 2.55. The summed E-state index contributed by atoms with van der Waals surface area (Å²) >= 11 is 5.58. The molecule has 0 radical (unpaired) electrons. The zero-order valence-electron chi connectivity index (χ0n) is 19.2. The van der Waals surface area contributed by atoms with Gasteiger partial charge in [0, 0.05) is 18.1 Å². The third kappa shape index (κ3) is 4.92. The lowest BCUT2D eigenvalue weighted by Gasteiger charge is -2.47. The Kier molecular flexibility index (Phi) is 6.90. The van der Waals surface area contributed by atoms with Crippen molar-refractivity contribution < 1.29 is 42.4 Å². The van der Waals surface area contributed by atoms with E-state index in [1.54, 1.807) is 24.3 Å². The van der Waals surface area contributed by atoms with Crippen LogP contribution in [0.15, 0.2) is 48.7 Å². The predicted molar refractivity (Wildman–Crippen MR) is 121 cm³/mol. The van der Waals surface area contributed by atoms with E-state index in [1.807, 2.05) is 6.07 Å². The Morgan fingerprint density at radius 3 is 2.51 bits per heavy atom. The number of aliphatic carboxylic acids is 1. The molecule has 0 spiro atoms. The highest BCUT2D eigenvalue weighted by atomic mass is 35.5. The third-order valence-corrected chi connectivity index (χ3v) is 6.43. The van der Waals surface area contributed by atoms with Crippen molar-refractivity contribution in [3.05, 3.63) is 70.9 Å². The lowest BCUT2D eigenvalue weighted by molar-refractivity contribution is -0.315. The zero-order valence-corrected chi connectivity index (χ0v) is 19.9. The molecule has 2 fully saturated rings. The van der Waals surface area contributed by atoms with Crippen molar-refractivity contribution in [3.63, 3.8) is 0 Å². The first-order valence-corrected chi connectivity index (χ1v) is 11.5. The SMILES string of the molecule is CC(=O)O[C@@H]1[C@@H](n2cc(-c3cc(F)c(Cl)c(F)c3)nn2)[C@H]2OC(c3ccccc3)OC[C@H]2O[C@H]1C(=O)O. The van der Waals surface area contributed by atoms with Crippen molar-refractivity contribution in [1.29, 1.82) is 0 Å². The van der Waals surface area contributed by atoms with E-state index in [9.17, 15) is 23.5 Å². The van der Waals surface area contributed by atoms with Crippen molar-refractivity contribution in [1.82, 2.24) is 15.0 Å². The van der Waals surface area contributed by atoms with Crippen LogP contribution < -0.4 is 0 Å². The lowest BCUT2D eigenvalue weighted by Crippen LogP contribution is -2.62. The number of carboxylic acids is 1. The maximum absolute atomic E-state index is 14.1. The Labute approximate surface area is 213 Å². The van der Waals surface area contributed by atoms with Crippen LogP contribution >= 0.6 is 11.6 Å². The fourth-order valence-corrected chi connectivity index (χ4v) is 4.57. The summed E-state index contributed by atoms with van der Waals surface area (Å²) in [6.07, 6.45) is -4.19. The van der Waals surface area contributed by atoms with E-state index in [-0.39, 0.29) is 17.9 Å². The van der Waals surface area contributed by atoms with Crippen molar-refractivity contribution >= 4 is 23.5 Å². The number of hydrogen-bond donors (Lipinski definition) is 1. The van der Waals surface area contributed by atoms with E-state index < -0.39 is 65.3 Å². The normalized spacial score (nSPS) is 27.4. The van der Waals surface area contributed by atoms with E-state index in [0.29, 0.717) is 5.56 Å². The molecule has 1 aromatic heterocycles. The summed E-state index contributed by atoms with van der Waals surface area (Å²) < 4.78 is 52.5. The molecule has 0 bridgehead atoms. The van der Waals surface area contributed by atoms with Gasteiger partial charge in [0.15, 0.2) is 18.5 Å². The number of benzene rings is 2. The van der Waals surface area contributed by atoms with Crippen molar-refractivity contribution in [3.8, 4) is 11.3 Å². The standard InChI is InChI=1S/C24H20ClF2N3O7/c1-11(31)35-21-19(30-9-16(28-29-30)13-7-14(26)18(25)15(27)8-13)20-17(36-22(21)23(32)33)10-34-24(37-20)12-5-3-2-4-6-12/h2-9,17,19-22,24H,10H2,1H3,(H,32,33)/t17-,19+,20+,21-,22-,24?/m1/s1. The maximum atomic E-state index is 14.1. The summed E-state index contributed by atoms with van der Waals surface area (Å²) in [7, 11) is 0. The molecule has 2 aromatic carbocycles. The van der Waals surface area contributed by atoms with Gasteiger partial charge in [-0.05, 0) is 12.1 Å². The molecule has 10 nitrogen and oxygen atoms in total. The number of carbonyl (C=O) groups excluding carboxylic acids is 1. The summed E-state index contributed by atoms with van der Waals surface area (Å²) in [5, 5.41) is 17.2. The Hall–Kier alpha value is -3.45. The molecule has 0 saturated carbocycles. The first-order chi connectivity index (χ1) is 17.7. The van der Waals surface area contributed by atoms with Gasteiger partial charge in [0.05, 0.1) is 12.8 Å². The summed E-state index contributed by atoms with van der Waals surface area (Å²) in [5.74, 6) is -4.10. The second-order valence-electron chi connectivity index (χ2n) is 8.51. The highest BCUT2D eigenvalue weighted by molar-refractivity contribution is 6.31. The Balaban J connectivity index is 1.56. The second kappa shape index (κ2) is 10.1. The Morgan fingerprint density at radius 1 is 1.16 bits per heavy atom. The predicted octanol–water partition coefficient (Wildman–Crippen LogP) is 3.32. The number of nitrogens with zero attached hydrogens (tertiary/aromatic N) is 3. The van der Waals surface area contributed by atoms with Crippen LogP contribution in [0.4, 0.5) is 8.78 Å². The fraction of sp³-hybridized carbons (Fsp3) is 0.333. The molecule has 2 aliphatic heterocycles. The molecule has 1 unspecified atom stereocenters. The largest absolute Gasteiger partial charge is 0.479 e. The molecule has 2 saturated heterocycles. The van der Waals surface area contributed by atoms with Gasteiger partial charge in [-0.3, -0.25) is 4.79 Å². The van der Waals surface area contributed by atoms with Gasteiger partial charge in [-0.15, -0.1) is 5.10 Å². The number of rotatable bonds is 5. The molecule has 3 aromatic rings. The molecule has 0 aliphatic carbocycles. The molecule has 6 atom stereocenters. The number of esters is 1. The third-order valence-electron chi connectivity index (χ3n) is 6.06. The van der Waals surface area contributed by atoms with E-state index in [2.05, 4.69) is 10.3 Å². The molecule has 1 N–H and O–H groups in total. The van der Waals surface area contributed by atoms with E-state index in [4.69, 9.17) is 30.5 Å². The lowest BCUT2D eigenvalue weighted by atomic mass is 9.91. The molecular weight excluding hydrogens is 516 g/mol. The minimum absolute atomic E-state index is 0.0214. The van der Waals surface area contributed by atoms with Gasteiger partial charge in [0.25, 0.3) is 0 Å². The molecule has 37 heavy (non-hydrogen) atoms. The number of carboxylic acid groups (broad SMARTS) is 1. The zero-order chi connectivity index (χ0) is 26.3. The number of halogens is 3. The highest BCUT2D eigenvalue weighted by Crippen LogP contribution is 2.41. The van der Waals surface area contributed by atoms with E-state index in [1.165, 1.54) is 10.9 Å². The van der Waals surface area contributed by atoms with Crippen molar-refractivity contribution in [2.45, 2.75) is 43.7 Å². The summed E-state index contributed by atoms with van der Waals surface area (Å²) in [5.41, 5.74) is 0.816. The van der Waals surface area contributed by atoms with Gasteiger partial charge in [-0.1, -0.05) is 47.1 Å². The van der Waals surface area contributed by atoms with E-state index >= 15 is 0 Å². The maximum Gasteiger partial charge on any atom is 0.336 e. The monoisotopic (exact) mass is 535 g/mol. The van der Waals surface area contributed by atoms with Crippen LogP contribution in [0, 0.1) is 11.6 Å². The van der Waals surface area contributed by atoms with Crippen LogP contribution in [-0.4, -0.2) is 63.1 Å². The quantitative estimate of drug-likeness (QED) is 0.387. The van der Waals surface area contributed by atoms with Gasteiger partial charge < -0.3 is 24.1 Å². The second-order valence-corrected chi connectivity index (χ2v) is 8.89. The topological polar surface area (TPSA) is 122 Å². The molecule has 3 heterocycles. The van der Waals surface area contributed by atoms with Gasteiger partial charge in [0.2, 0.25) is 0 Å². The molecule has 13 heteroatoms. The smallest absolute Gasteiger partial charge is 0.336 e. The number of carbonyl (C=O) groups is 2. The van der Waals surface area contributed by atoms with Crippen LogP contribution in [0.1, 0.15) is 24.8 Å². The summed E-state index contributed by atoms with van der Waals surface area (Å²) in [6, 6.07) is 9.98. The van der Waals surface area contributed by atoms with Crippen LogP contribution in [0.2, 0.25) is 5.02 Å². The first kappa shape index (κ1) is 25.2. The fourth-order valence-electron chi connectivity index (χ4n) is 4.46.